The van der Waals surface area contributed by atoms with E-state index in [9.17, 15) is 10.2 Å². The van der Waals surface area contributed by atoms with Crippen LogP contribution in [0.4, 0.5) is 0 Å². The molecule has 0 saturated heterocycles. The Bertz CT molecular complexity index is 340. The van der Waals surface area contributed by atoms with E-state index in [1.807, 2.05) is 0 Å². The molecule has 0 aromatic rings. The fraction of sp³-hybridized carbons (Fsp3) is 1.00. The third-order valence-corrected chi connectivity index (χ3v) is 6.65. The molecule has 0 saturated carbocycles. The molecule has 0 fully saturated rings. The topological polar surface area (TPSA) is 86.7 Å². The molecule has 5 N–H and O–H groups in total. The summed E-state index contributed by atoms with van der Waals surface area (Å²) < 4.78 is 0. The maximum atomic E-state index is 9.84. The third kappa shape index (κ3) is 21.4. The first-order chi connectivity index (χ1) is 15.1. The first-order valence-electron chi connectivity index (χ1n) is 13.9. The molecular weight excluding hydrogens is 386 g/mol. The summed E-state index contributed by atoms with van der Waals surface area (Å²) >= 11 is 0. The van der Waals surface area contributed by atoms with Gasteiger partial charge in [-0.05, 0) is 6.42 Å². The van der Waals surface area contributed by atoms with Crippen LogP contribution >= 0.6 is 0 Å². The van der Waals surface area contributed by atoms with Crippen molar-refractivity contribution >= 4 is 0 Å². The van der Waals surface area contributed by atoms with E-state index in [1.54, 1.807) is 0 Å². The van der Waals surface area contributed by atoms with E-state index in [1.165, 1.54) is 122 Å². The minimum atomic E-state index is -1.02. The van der Waals surface area contributed by atoms with E-state index < -0.39 is 18.2 Å². The van der Waals surface area contributed by atoms with E-state index in [2.05, 4.69) is 6.92 Å². The van der Waals surface area contributed by atoms with Gasteiger partial charge in [0.15, 0.2) is 0 Å². The second-order valence-corrected chi connectivity index (χ2v) is 9.76. The molecule has 31 heavy (non-hydrogen) atoms. The van der Waals surface area contributed by atoms with Crippen LogP contribution in [0.2, 0.25) is 0 Å². The van der Waals surface area contributed by atoms with Gasteiger partial charge in [-0.25, -0.2) is 0 Å². The fourth-order valence-corrected chi connectivity index (χ4v) is 4.35. The highest BCUT2D eigenvalue weighted by Gasteiger charge is 2.22. The summed E-state index contributed by atoms with van der Waals surface area (Å²) in [7, 11) is 0. The largest absolute Gasteiger partial charge is 0.395 e. The fourth-order valence-electron chi connectivity index (χ4n) is 4.35. The molecule has 0 amide bonds. The molecule has 0 aliphatic carbocycles. The molecule has 0 bridgehead atoms. The van der Waals surface area contributed by atoms with Crippen LogP contribution in [0.5, 0.6) is 0 Å². The molecule has 3 unspecified atom stereocenters. The molecule has 0 aromatic heterocycles. The van der Waals surface area contributed by atoms with Gasteiger partial charge in [0.1, 0.15) is 0 Å². The van der Waals surface area contributed by atoms with Gasteiger partial charge in [0.05, 0.1) is 24.9 Å². The van der Waals surface area contributed by atoms with Crippen molar-refractivity contribution in [3.05, 3.63) is 0 Å². The van der Waals surface area contributed by atoms with Crippen LogP contribution < -0.4 is 5.73 Å². The van der Waals surface area contributed by atoms with Gasteiger partial charge in [0, 0.05) is 0 Å². The van der Waals surface area contributed by atoms with Crippen molar-refractivity contribution in [1.82, 2.24) is 0 Å². The van der Waals surface area contributed by atoms with Gasteiger partial charge in [-0.2, -0.15) is 0 Å². The summed E-state index contributed by atoms with van der Waals surface area (Å²) in [4.78, 5) is 0. The predicted molar refractivity (Wildman–Crippen MR) is 134 cm³/mol. The number of rotatable bonds is 25. The van der Waals surface area contributed by atoms with Crippen molar-refractivity contribution in [1.29, 1.82) is 0 Å². The number of unbranched alkanes of at least 4 members (excludes halogenated alkanes) is 20. The molecule has 188 valence electrons. The van der Waals surface area contributed by atoms with Gasteiger partial charge >= 0.3 is 0 Å². The SMILES string of the molecule is CCCCCCCCCCCCCCCCCCCCCCCC(O)C(O)C(N)CO. The molecule has 0 radical (unpaired) electrons. The van der Waals surface area contributed by atoms with Gasteiger partial charge in [0.25, 0.3) is 0 Å². The van der Waals surface area contributed by atoms with Crippen molar-refractivity contribution in [2.45, 2.75) is 166 Å². The Morgan fingerprint density at radius 3 is 1.10 bits per heavy atom. The van der Waals surface area contributed by atoms with Crippen LogP contribution in [-0.4, -0.2) is 40.2 Å². The highest BCUT2D eigenvalue weighted by atomic mass is 16.3. The van der Waals surface area contributed by atoms with Gasteiger partial charge in [-0.15, -0.1) is 0 Å². The van der Waals surface area contributed by atoms with Gasteiger partial charge < -0.3 is 21.1 Å². The van der Waals surface area contributed by atoms with Crippen LogP contribution in [0.1, 0.15) is 148 Å². The molecule has 4 heteroatoms. The van der Waals surface area contributed by atoms with Crippen molar-refractivity contribution in [2.24, 2.45) is 5.73 Å². The summed E-state index contributed by atoms with van der Waals surface area (Å²) in [5.74, 6) is 0. The summed E-state index contributed by atoms with van der Waals surface area (Å²) in [6.07, 6.45) is 27.3. The molecular formula is C27H57NO3. The Labute approximate surface area is 194 Å². The summed E-state index contributed by atoms with van der Waals surface area (Å²) in [6, 6.07) is -0.745. The van der Waals surface area contributed by atoms with E-state index >= 15 is 0 Å². The number of hydrogen-bond donors (Lipinski definition) is 4. The minimum Gasteiger partial charge on any atom is -0.395 e. The van der Waals surface area contributed by atoms with Crippen LogP contribution in [0.15, 0.2) is 0 Å². The maximum absolute atomic E-state index is 9.84. The lowest BCUT2D eigenvalue weighted by atomic mass is 10.00. The maximum Gasteiger partial charge on any atom is 0.0971 e. The minimum absolute atomic E-state index is 0.294. The van der Waals surface area contributed by atoms with E-state index in [4.69, 9.17) is 10.8 Å². The Morgan fingerprint density at radius 1 is 0.516 bits per heavy atom. The van der Waals surface area contributed by atoms with Crippen molar-refractivity contribution in [2.75, 3.05) is 6.61 Å². The van der Waals surface area contributed by atoms with Crippen molar-refractivity contribution in [3.63, 3.8) is 0 Å². The average molecular weight is 444 g/mol. The molecule has 0 aromatic carbocycles. The quantitative estimate of drug-likeness (QED) is 0.119. The van der Waals surface area contributed by atoms with Crippen LogP contribution in [-0.2, 0) is 0 Å². The number of aliphatic hydroxyl groups is 3. The lowest BCUT2D eigenvalue weighted by Gasteiger charge is -2.22. The highest BCUT2D eigenvalue weighted by Crippen LogP contribution is 2.16. The Balaban J connectivity index is 3.16. The summed E-state index contributed by atoms with van der Waals surface area (Å²) in [6.45, 7) is 1.99. The number of aliphatic hydroxyl groups excluding tert-OH is 3. The lowest BCUT2D eigenvalue weighted by Crippen LogP contribution is -2.45. The molecule has 0 aliphatic rings. The standard InChI is InChI=1S/C27H57NO3/c1-2-3-4-5-6-7-8-9-10-11-12-13-14-15-16-17-18-19-20-21-22-23-26(30)27(31)25(28)24-29/h25-27,29-31H,2-24,28H2,1H3. The zero-order chi connectivity index (χ0) is 23.0. The Kier molecular flexibility index (Phi) is 24.4. The lowest BCUT2D eigenvalue weighted by molar-refractivity contribution is -0.0121. The normalized spacial score (nSPS) is 14.6. The second-order valence-electron chi connectivity index (χ2n) is 9.76. The van der Waals surface area contributed by atoms with Gasteiger partial charge in [-0.1, -0.05) is 142 Å². The van der Waals surface area contributed by atoms with Crippen LogP contribution in [0, 0.1) is 0 Å². The summed E-state index contributed by atoms with van der Waals surface area (Å²) in [5, 5.41) is 28.5. The third-order valence-electron chi connectivity index (χ3n) is 6.65. The zero-order valence-corrected chi connectivity index (χ0v) is 20.9. The summed E-state index contributed by atoms with van der Waals surface area (Å²) in [5.41, 5.74) is 5.54. The van der Waals surface area contributed by atoms with Crippen molar-refractivity contribution in [3.8, 4) is 0 Å². The molecule has 0 rings (SSSR count). The monoisotopic (exact) mass is 443 g/mol. The number of nitrogens with two attached hydrogens (primary N) is 1. The van der Waals surface area contributed by atoms with Crippen LogP contribution in [0.3, 0.4) is 0 Å². The smallest absolute Gasteiger partial charge is 0.0971 e. The molecule has 0 heterocycles. The number of hydrogen-bond acceptors (Lipinski definition) is 4. The Hall–Kier alpha value is -0.160. The second kappa shape index (κ2) is 24.5. The predicted octanol–water partition coefficient (Wildman–Crippen LogP) is 6.63. The highest BCUT2D eigenvalue weighted by molar-refractivity contribution is 4.77. The molecule has 4 nitrogen and oxygen atoms in total. The van der Waals surface area contributed by atoms with Crippen LogP contribution in [0.25, 0.3) is 0 Å². The van der Waals surface area contributed by atoms with Gasteiger partial charge in [0.2, 0.25) is 0 Å². The Morgan fingerprint density at radius 2 is 0.806 bits per heavy atom. The first-order valence-corrected chi connectivity index (χ1v) is 13.9. The van der Waals surface area contributed by atoms with E-state index in [-0.39, 0.29) is 6.61 Å². The molecule has 3 atom stereocenters. The van der Waals surface area contributed by atoms with E-state index in [0.29, 0.717) is 6.42 Å². The average Bonchev–Trinajstić information content (AvgIpc) is 2.78. The first kappa shape index (κ1) is 30.8. The molecule has 0 aliphatic heterocycles. The zero-order valence-electron chi connectivity index (χ0n) is 20.9. The molecule has 0 spiro atoms. The van der Waals surface area contributed by atoms with Crippen molar-refractivity contribution < 1.29 is 15.3 Å². The van der Waals surface area contributed by atoms with E-state index in [0.717, 1.165) is 12.8 Å². The van der Waals surface area contributed by atoms with Gasteiger partial charge in [-0.3, -0.25) is 0 Å².